The van der Waals surface area contributed by atoms with Gasteiger partial charge in [-0.1, -0.05) is 25.1 Å². The van der Waals surface area contributed by atoms with E-state index in [9.17, 15) is 0 Å². The summed E-state index contributed by atoms with van der Waals surface area (Å²) >= 11 is 1.84. The average molecular weight is 259 g/mol. The van der Waals surface area contributed by atoms with E-state index in [0.29, 0.717) is 0 Å². The summed E-state index contributed by atoms with van der Waals surface area (Å²) in [6, 6.07) is 12.5. The molecule has 1 aromatic carbocycles. The maximum atomic E-state index is 6.24. The molecule has 0 amide bonds. The van der Waals surface area contributed by atoms with Gasteiger partial charge < -0.3 is 10.5 Å². The molecule has 2 atom stereocenters. The van der Waals surface area contributed by atoms with Crippen molar-refractivity contribution in [2.24, 2.45) is 5.73 Å². The highest BCUT2D eigenvalue weighted by molar-refractivity contribution is 7.12. The molecule has 2 aromatic rings. The van der Waals surface area contributed by atoms with Gasteiger partial charge in [-0.2, -0.15) is 0 Å². The molecule has 0 spiro atoms. The lowest BCUT2D eigenvalue weighted by molar-refractivity contribution is 0.165. The monoisotopic (exact) mass is 259 g/mol. The van der Waals surface area contributed by atoms with E-state index in [2.05, 4.69) is 25.1 Å². The molecule has 1 unspecified atom stereocenters. The minimum absolute atomic E-state index is 0.0760. The van der Waals surface area contributed by atoms with Crippen molar-refractivity contribution in [3.8, 4) is 5.75 Å². The smallest absolute Gasteiger partial charge is 0.135 e. The number of thiophene rings is 1. The first-order valence-electron chi connectivity index (χ1n) is 6.37. The molecule has 3 rings (SSSR count). The van der Waals surface area contributed by atoms with Gasteiger partial charge in [-0.15, -0.1) is 11.3 Å². The van der Waals surface area contributed by atoms with Gasteiger partial charge >= 0.3 is 0 Å². The lowest BCUT2D eigenvalue weighted by Crippen LogP contribution is -2.23. The van der Waals surface area contributed by atoms with Crippen LogP contribution < -0.4 is 10.5 Å². The highest BCUT2D eigenvalue weighted by Gasteiger charge is 2.27. The van der Waals surface area contributed by atoms with Crippen LogP contribution in [0.3, 0.4) is 0 Å². The van der Waals surface area contributed by atoms with E-state index in [1.54, 1.807) is 0 Å². The second kappa shape index (κ2) is 4.75. The van der Waals surface area contributed by atoms with Gasteiger partial charge in [0.15, 0.2) is 0 Å². The summed E-state index contributed by atoms with van der Waals surface area (Å²) in [5, 5.41) is 0. The Kier molecular flexibility index (Phi) is 3.10. The Bertz CT molecular complexity index is 549. The van der Waals surface area contributed by atoms with Gasteiger partial charge in [0.2, 0.25) is 0 Å². The van der Waals surface area contributed by atoms with Crippen molar-refractivity contribution in [1.82, 2.24) is 0 Å². The fourth-order valence-electron chi connectivity index (χ4n) is 2.38. The zero-order chi connectivity index (χ0) is 12.5. The minimum Gasteiger partial charge on any atom is -0.484 e. The molecule has 1 aliphatic rings. The van der Waals surface area contributed by atoms with Crippen molar-refractivity contribution in [2.45, 2.75) is 31.9 Å². The molecule has 1 aliphatic heterocycles. The normalized spacial score (nSPS) is 22.3. The summed E-state index contributed by atoms with van der Waals surface area (Å²) in [5.41, 5.74) is 7.36. The largest absolute Gasteiger partial charge is 0.484 e. The lowest BCUT2D eigenvalue weighted by Gasteiger charge is -2.29. The van der Waals surface area contributed by atoms with Crippen LogP contribution in [0.25, 0.3) is 0 Å². The first kappa shape index (κ1) is 11.8. The zero-order valence-corrected chi connectivity index (χ0v) is 11.2. The Hall–Kier alpha value is -1.32. The van der Waals surface area contributed by atoms with Crippen LogP contribution in [0.15, 0.2) is 36.4 Å². The van der Waals surface area contributed by atoms with Crippen LogP contribution in [-0.2, 0) is 6.42 Å². The number of nitrogens with two attached hydrogens (primary N) is 1. The Morgan fingerprint density at radius 1 is 1.28 bits per heavy atom. The van der Waals surface area contributed by atoms with Gasteiger partial charge in [0.05, 0.1) is 0 Å². The number of aryl methyl sites for hydroxylation is 1. The first-order valence-corrected chi connectivity index (χ1v) is 7.19. The van der Waals surface area contributed by atoms with E-state index >= 15 is 0 Å². The summed E-state index contributed by atoms with van der Waals surface area (Å²) in [4.78, 5) is 2.69. The van der Waals surface area contributed by atoms with E-state index in [-0.39, 0.29) is 12.1 Å². The van der Waals surface area contributed by atoms with Crippen LogP contribution in [0.1, 0.15) is 40.8 Å². The number of rotatable bonds is 2. The minimum atomic E-state index is 0.0760. The lowest BCUT2D eigenvalue weighted by atomic mass is 9.97. The molecule has 0 aliphatic carbocycles. The van der Waals surface area contributed by atoms with Gasteiger partial charge in [0.25, 0.3) is 0 Å². The molecule has 0 saturated heterocycles. The summed E-state index contributed by atoms with van der Waals surface area (Å²) in [6.07, 6.45) is 2.06. The Balaban J connectivity index is 1.89. The van der Waals surface area contributed by atoms with Crippen molar-refractivity contribution in [3.63, 3.8) is 0 Å². The summed E-state index contributed by atoms with van der Waals surface area (Å²) < 4.78 is 6.08. The van der Waals surface area contributed by atoms with Crippen molar-refractivity contribution >= 4 is 11.3 Å². The topological polar surface area (TPSA) is 35.2 Å². The number of fused-ring (bicyclic) bond motifs is 1. The van der Waals surface area contributed by atoms with Crippen molar-refractivity contribution in [1.29, 1.82) is 0 Å². The number of hydrogen-bond donors (Lipinski definition) is 1. The highest BCUT2D eigenvalue weighted by Crippen LogP contribution is 2.41. The van der Waals surface area contributed by atoms with Gasteiger partial charge in [0.1, 0.15) is 11.9 Å². The molecule has 18 heavy (non-hydrogen) atoms. The highest BCUT2D eigenvalue weighted by atomic mass is 32.1. The van der Waals surface area contributed by atoms with Crippen LogP contribution in [0.5, 0.6) is 5.75 Å². The first-order chi connectivity index (χ1) is 8.78. The second-order valence-electron chi connectivity index (χ2n) is 4.64. The third kappa shape index (κ3) is 2.04. The van der Waals surface area contributed by atoms with Crippen LogP contribution in [-0.4, -0.2) is 0 Å². The molecule has 94 valence electrons. The van der Waals surface area contributed by atoms with E-state index < -0.39 is 0 Å². The Morgan fingerprint density at radius 2 is 2.11 bits per heavy atom. The Labute approximate surface area is 111 Å². The van der Waals surface area contributed by atoms with E-state index in [1.165, 1.54) is 9.75 Å². The fraction of sp³-hybridized carbons (Fsp3) is 0.333. The fourth-order valence-corrected chi connectivity index (χ4v) is 3.38. The molecule has 0 fully saturated rings. The Morgan fingerprint density at radius 3 is 2.89 bits per heavy atom. The molecular weight excluding hydrogens is 242 g/mol. The second-order valence-corrected chi connectivity index (χ2v) is 5.84. The maximum absolute atomic E-state index is 6.24. The van der Waals surface area contributed by atoms with Gasteiger partial charge in [0, 0.05) is 27.8 Å². The quantitative estimate of drug-likeness (QED) is 0.889. The molecule has 0 saturated carbocycles. The van der Waals surface area contributed by atoms with Crippen LogP contribution >= 0.6 is 11.3 Å². The van der Waals surface area contributed by atoms with E-state index in [1.807, 2.05) is 29.5 Å². The third-order valence-electron chi connectivity index (χ3n) is 3.40. The van der Waals surface area contributed by atoms with E-state index in [4.69, 9.17) is 10.5 Å². The van der Waals surface area contributed by atoms with E-state index in [0.717, 1.165) is 24.2 Å². The standard InChI is InChI=1S/C15H17NOS/c1-2-10-7-8-15(18-10)14-9-12(16)11-5-3-4-6-13(11)17-14/h3-8,12,14H,2,9,16H2,1H3/t12-,14?/m1/s1. The predicted molar refractivity (Wildman–Crippen MR) is 75.1 cm³/mol. The molecule has 2 heterocycles. The number of para-hydroxylation sites is 1. The van der Waals surface area contributed by atoms with Crippen molar-refractivity contribution < 1.29 is 4.74 Å². The zero-order valence-electron chi connectivity index (χ0n) is 10.4. The SMILES string of the molecule is CCc1ccc(C2C[C@@H](N)c3ccccc3O2)s1. The number of ether oxygens (including phenoxy) is 1. The molecule has 2 nitrogen and oxygen atoms in total. The van der Waals surface area contributed by atoms with Crippen molar-refractivity contribution in [3.05, 3.63) is 51.7 Å². The van der Waals surface area contributed by atoms with Gasteiger partial charge in [-0.25, -0.2) is 0 Å². The molecule has 2 N–H and O–H groups in total. The molecule has 3 heteroatoms. The molecule has 0 radical (unpaired) electrons. The maximum Gasteiger partial charge on any atom is 0.135 e. The molecule has 0 bridgehead atoms. The number of benzene rings is 1. The molecular formula is C15H17NOS. The molecule has 1 aromatic heterocycles. The van der Waals surface area contributed by atoms with Crippen molar-refractivity contribution in [2.75, 3.05) is 0 Å². The van der Waals surface area contributed by atoms with Crippen LogP contribution in [0, 0.1) is 0 Å². The summed E-state index contributed by atoms with van der Waals surface area (Å²) in [5.74, 6) is 0.938. The average Bonchev–Trinajstić information content (AvgIpc) is 2.87. The van der Waals surface area contributed by atoms with Gasteiger partial charge in [-0.05, 0) is 24.6 Å². The summed E-state index contributed by atoms with van der Waals surface area (Å²) in [6.45, 7) is 2.18. The van der Waals surface area contributed by atoms with Crippen LogP contribution in [0.4, 0.5) is 0 Å². The van der Waals surface area contributed by atoms with Crippen LogP contribution in [0.2, 0.25) is 0 Å². The predicted octanol–water partition coefficient (Wildman–Crippen LogP) is 3.83. The third-order valence-corrected chi connectivity index (χ3v) is 4.73. The van der Waals surface area contributed by atoms with Gasteiger partial charge in [-0.3, -0.25) is 0 Å². The summed E-state index contributed by atoms with van der Waals surface area (Å²) in [7, 11) is 0. The number of hydrogen-bond acceptors (Lipinski definition) is 3.